The summed E-state index contributed by atoms with van der Waals surface area (Å²) in [5.74, 6) is 0.719. The quantitative estimate of drug-likeness (QED) is 0.429. The normalized spacial score (nSPS) is 11.2. The van der Waals surface area contributed by atoms with Gasteiger partial charge in [0.1, 0.15) is 5.75 Å². The highest BCUT2D eigenvalue weighted by atomic mass is 35.5. The molecule has 0 atom stereocenters. The van der Waals surface area contributed by atoms with Crippen molar-refractivity contribution >= 4 is 45.6 Å². The van der Waals surface area contributed by atoms with Crippen molar-refractivity contribution in [3.05, 3.63) is 69.4 Å². The fraction of sp³-hybridized carbons (Fsp3) is 0.105. The average molecular weight is 343 g/mol. The molecule has 0 aliphatic carbocycles. The first-order valence-electron chi connectivity index (χ1n) is 7.31. The van der Waals surface area contributed by atoms with Gasteiger partial charge in [0, 0.05) is 5.56 Å². The number of fused-ring (bicyclic) bond motifs is 1. The first-order chi connectivity index (χ1) is 11.2. The van der Waals surface area contributed by atoms with E-state index in [0.29, 0.717) is 15.8 Å². The molecular weight excluding hydrogens is 328 g/mol. The zero-order chi connectivity index (χ0) is 16.2. The van der Waals surface area contributed by atoms with E-state index in [2.05, 4.69) is 0 Å². The first kappa shape index (κ1) is 15.8. The third-order valence-electron chi connectivity index (χ3n) is 3.45. The van der Waals surface area contributed by atoms with E-state index in [-0.39, 0.29) is 5.78 Å². The molecule has 116 valence electrons. The summed E-state index contributed by atoms with van der Waals surface area (Å²) in [6.07, 6.45) is 3.40. The van der Waals surface area contributed by atoms with Crippen molar-refractivity contribution in [3.8, 4) is 5.75 Å². The lowest BCUT2D eigenvalue weighted by atomic mass is 10.0. The highest BCUT2D eigenvalue weighted by Crippen LogP contribution is 2.30. The fourth-order valence-electron chi connectivity index (χ4n) is 2.42. The summed E-state index contributed by atoms with van der Waals surface area (Å²) in [5.41, 5.74) is 0.918. The van der Waals surface area contributed by atoms with Gasteiger partial charge in [-0.2, -0.15) is 0 Å². The number of ether oxygens (including phenoxy) is 1. The number of halogens is 1. The molecule has 23 heavy (non-hydrogen) atoms. The summed E-state index contributed by atoms with van der Waals surface area (Å²) < 4.78 is 6.32. The molecule has 3 rings (SSSR count). The maximum Gasteiger partial charge on any atom is 0.195 e. The van der Waals surface area contributed by atoms with Gasteiger partial charge in [-0.3, -0.25) is 4.79 Å². The van der Waals surface area contributed by atoms with Crippen LogP contribution in [0.4, 0.5) is 0 Å². The molecule has 1 aromatic heterocycles. The first-order valence-corrected chi connectivity index (χ1v) is 8.51. The Morgan fingerprint density at radius 3 is 2.74 bits per heavy atom. The molecule has 0 aliphatic heterocycles. The Morgan fingerprint density at radius 2 is 2.00 bits per heavy atom. The van der Waals surface area contributed by atoms with Crippen molar-refractivity contribution < 1.29 is 9.53 Å². The van der Waals surface area contributed by atoms with Crippen LogP contribution in [0.2, 0.25) is 4.34 Å². The summed E-state index contributed by atoms with van der Waals surface area (Å²) in [4.78, 5) is 12.9. The summed E-state index contributed by atoms with van der Waals surface area (Å²) in [5, 5.41) is 2.17. The van der Waals surface area contributed by atoms with Crippen molar-refractivity contribution in [1.29, 1.82) is 0 Å². The van der Waals surface area contributed by atoms with Gasteiger partial charge in [0.2, 0.25) is 0 Å². The number of carbonyl (C=O) groups is 1. The van der Waals surface area contributed by atoms with E-state index in [0.717, 1.165) is 22.1 Å². The van der Waals surface area contributed by atoms with Gasteiger partial charge in [-0.1, -0.05) is 41.9 Å². The summed E-state index contributed by atoms with van der Waals surface area (Å²) >= 11 is 7.17. The average Bonchev–Trinajstić information content (AvgIpc) is 3.00. The second-order valence-corrected chi connectivity index (χ2v) is 6.65. The molecule has 0 saturated heterocycles. The topological polar surface area (TPSA) is 26.3 Å². The Kier molecular flexibility index (Phi) is 4.79. The van der Waals surface area contributed by atoms with E-state index in [1.165, 1.54) is 11.3 Å². The Morgan fingerprint density at radius 1 is 1.17 bits per heavy atom. The van der Waals surface area contributed by atoms with E-state index < -0.39 is 0 Å². The van der Waals surface area contributed by atoms with E-state index in [1.54, 1.807) is 18.2 Å². The van der Waals surface area contributed by atoms with Crippen molar-refractivity contribution in [1.82, 2.24) is 0 Å². The van der Waals surface area contributed by atoms with E-state index >= 15 is 0 Å². The van der Waals surface area contributed by atoms with Gasteiger partial charge in [-0.15, -0.1) is 11.3 Å². The van der Waals surface area contributed by atoms with Gasteiger partial charge in [-0.25, -0.2) is 0 Å². The summed E-state index contributed by atoms with van der Waals surface area (Å²) in [7, 11) is 0. The molecular formula is C19H15ClO2S. The molecule has 4 heteroatoms. The molecule has 0 unspecified atom stereocenters. The minimum atomic E-state index is -0.0581. The monoisotopic (exact) mass is 342 g/mol. The van der Waals surface area contributed by atoms with Crippen LogP contribution in [0.15, 0.2) is 54.6 Å². The number of hydrogen-bond donors (Lipinski definition) is 0. The predicted octanol–water partition coefficient (Wildman–Crippen LogP) is 5.85. The minimum Gasteiger partial charge on any atom is -0.493 e. The molecule has 1 heterocycles. The third kappa shape index (κ3) is 3.46. The predicted molar refractivity (Wildman–Crippen MR) is 97.8 cm³/mol. The van der Waals surface area contributed by atoms with Crippen LogP contribution in [0, 0.1) is 0 Å². The number of hydrogen-bond acceptors (Lipinski definition) is 3. The SMILES string of the molecule is CCOc1ccc2ccccc2c1/C=C/C(=O)c1ccc(Cl)s1. The second kappa shape index (κ2) is 6.99. The molecule has 0 aliphatic rings. The van der Waals surface area contributed by atoms with Crippen molar-refractivity contribution in [3.63, 3.8) is 0 Å². The second-order valence-electron chi connectivity index (χ2n) is 4.93. The molecule has 0 N–H and O–H groups in total. The zero-order valence-electron chi connectivity index (χ0n) is 12.6. The lowest BCUT2D eigenvalue weighted by Gasteiger charge is -2.10. The molecule has 0 radical (unpaired) electrons. The molecule has 2 nitrogen and oxygen atoms in total. The minimum absolute atomic E-state index is 0.0581. The van der Waals surface area contributed by atoms with Gasteiger partial charge in [-0.05, 0) is 48.0 Å². The van der Waals surface area contributed by atoms with Crippen LogP contribution in [-0.2, 0) is 0 Å². The molecule has 3 aromatic rings. The maximum atomic E-state index is 12.3. The van der Waals surface area contributed by atoms with Crippen molar-refractivity contribution in [2.75, 3.05) is 6.61 Å². The molecule has 0 amide bonds. The molecule has 0 saturated carbocycles. The number of thiophene rings is 1. The summed E-state index contributed by atoms with van der Waals surface area (Å²) in [6.45, 7) is 2.52. The Bertz CT molecular complexity index is 880. The number of allylic oxidation sites excluding steroid dienone is 1. The van der Waals surface area contributed by atoms with Gasteiger partial charge in [0.05, 0.1) is 15.8 Å². The number of rotatable bonds is 5. The molecule has 0 bridgehead atoms. The Hall–Kier alpha value is -2.10. The maximum absolute atomic E-state index is 12.3. The van der Waals surface area contributed by atoms with Crippen LogP contribution in [0.25, 0.3) is 16.8 Å². The highest BCUT2D eigenvalue weighted by Gasteiger charge is 2.08. The molecule has 0 fully saturated rings. The molecule has 2 aromatic carbocycles. The van der Waals surface area contributed by atoms with Crippen LogP contribution in [0.1, 0.15) is 22.2 Å². The van der Waals surface area contributed by atoms with Crippen LogP contribution in [0.5, 0.6) is 5.75 Å². The van der Waals surface area contributed by atoms with E-state index in [1.807, 2.05) is 49.4 Å². The number of carbonyl (C=O) groups excluding carboxylic acids is 1. The lowest BCUT2D eigenvalue weighted by molar-refractivity contribution is 0.105. The molecule has 0 spiro atoms. The van der Waals surface area contributed by atoms with Gasteiger partial charge in [0.15, 0.2) is 5.78 Å². The van der Waals surface area contributed by atoms with Gasteiger partial charge < -0.3 is 4.74 Å². The van der Waals surface area contributed by atoms with Crippen molar-refractivity contribution in [2.24, 2.45) is 0 Å². The largest absolute Gasteiger partial charge is 0.493 e. The Balaban J connectivity index is 2.01. The fourth-order valence-corrected chi connectivity index (χ4v) is 3.38. The van der Waals surface area contributed by atoms with Gasteiger partial charge in [0.25, 0.3) is 0 Å². The standard InChI is InChI=1S/C19H15ClO2S/c1-2-22-17-10-7-13-5-3-4-6-14(13)15(17)8-9-16(21)18-11-12-19(20)23-18/h3-12H,2H2,1H3/b9-8+. The van der Waals surface area contributed by atoms with Crippen LogP contribution in [0.3, 0.4) is 0 Å². The number of benzene rings is 2. The van der Waals surface area contributed by atoms with Crippen LogP contribution in [-0.4, -0.2) is 12.4 Å². The third-order valence-corrected chi connectivity index (χ3v) is 4.69. The van der Waals surface area contributed by atoms with E-state index in [4.69, 9.17) is 16.3 Å². The Labute approximate surface area is 144 Å². The number of ketones is 1. The van der Waals surface area contributed by atoms with Crippen molar-refractivity contribution in [2.45, 2.75) is 6.92 Å². The highest BCUT2D eigenvalue weighted by molar-refractivity contribution is 7.18. The summed E-state index contributed by atoms with van der Waals surface area (Å²) in [6, 6.07) is 15.5. The van der Waals surface area contributed by atoms with E-state index in [9.17, 15) is 4.79 Å². The zero-order valence-corrected chi connectivity index (χ0v) is 14.2. The lowest BCUT2D eigenvalue weighted by Crippen LogP contribution is -1.95. The van der Waals surface area contributed by atoms with Gasteiger partial charge >= 0.3 is 0 Å². The smallest absolute Gasteiger partial charge is 0.195 e. The van der Waals surface area contributed by atoms with Crippen LogP contribution >= 0.6 is 22.9 Å². The van der Waals surface area contributed by atoms with Crippen LogP contribution < -0.4 is 4.74 Å².